The lowest BCUT2D eigenvalue weighted by Gasteiger charge is -2.10. The topological polar surface area (TPSA) is 116 Å². The molecule has 0 aromatic heterocycles. The lowest BCUT2D eigenvalue weighted by Crippen LogP contribution is -2.07. The largest absolute Gasteiger partial charge is 0.491 e. The van der Waals surface area contributed by atoms with Gasteiger partial charge in [-0.15, -0.1) is 0 Å². The molecule has 7 heteroatoms. The van der Waals surface area contributed by atoms with Crippen molar-refractivity contribution in [2.45, 2.75) is 45.4 Å². The van der Waals surface area contributed by atoms with Gasteiger partial charge in [0.25, 0.3) is 5.69 Å². The molecule has 0 aliphatic rings. The Bertz CT molecular complexity index is 531. The molecule has 7 nitrogen and oxygen atoms in total. The molecular formula is C15H22N2O5. The number of nitrogens with zero attached hydrogens (tertiary/aromatic N) is 1. The van der Waals surface area contributed by atoms with E-state index in [0.717, 1.165) is 31.4 Å². The van der Waals surface area contributed by atoms with Crippen molar-refractivity contribution >= 4 is 17.3 Å². The Balaban J connectivity index is 2.62. The van der Waals surface area contributed by atoms with Crippen LogP contribution in [0, 0.1) is 10.1 Å². The molecule has 0 saturated heterocycles. The van der Waals surface area contributed by atoms with Crippen molar-refractivity contribution in [2.75, 3.05) is 12.3 Å². The first-order valence-electron chi connectivity index (χ1n) is 7.41. The fraction of sp³-hybridized carbons (Fsp3) is 0.533. The number of carboxylic acid groups (broad SMARTS) is 1. The predicted octanol–water partition coefficient (Wildman–Crippen LogP) is 3.61. The number of unbranched alkanes of at least 4 members (excludes halogenated alkanes) is 5. The number of nitrogen functional groups attached to an aromatic ring is 1. The number of rotatable bonds is 10. The summed E-state index contributed by atoms with van der Waals surface area (Å²) in [6, 6.07) is 2.15. The third-order valence-electron chi connectivity index (χ3n) is 3.31. The summed E-state index contributed by atoms with van der Waals surface area (Å²) in [6.45, 7) is 2.56. The van der Waals surface area contributed by atoms with E-state index in [-0.39, 0.29) is 11.4 Å². The van der Waals surface area contributed by atoms with Crippen LogP contribution in [0.15, 0.2) is 12.1 Å². The number of carbonyl (C=O) groups is 1. The molecule has 0 aliphatic heterocycles. The van der Waals surface area contributed by atoms with Gasteiger partial charge in [0, 0.05) is 0 Å². The first kappa shape index (κ1) is 17.7. The number of nitro groups is 1. The number of nitro benzene ring substituents is 1. The van der Waals surface area contributed by atoms with E-state index in [1.165, 1.54) is 19.3 Å². The summed E-state index contributed by atoms with van der Waals surface area (Å²) in [5, 5.41) is 19.9. The Kier molecular flexibility index (Phi) is 7.15. The molecule has 0 spiro atoms. The summed E-state index contributed by atoms with van der Waals surface area (Å²) in [5.41, 5.74) is 4.84. The normalized spacial score (nSPS) is 10.4. The van der Waals surface area contributed by atoms with Crippen LogP contribution in [0.5, 0.6) is 5.75 Å². The summed E-state index contributed by atoms with van der Waals surface area (Å²) in [6.07, 6.45) is 6.58. The quantitative estimate of drug-likeness (QED) is 0.295. The van der Waals surface area contributed by atoms with Crippen molar-refractivity contribution in [3.63, 3.8) is 0 Å². The van der Waals surface area contributed by atoms with Crippen LogP contribution in [0.1, 0.15) is 55.8 Å². The zero-order chi connectivity index (χ0) is 16.5. The van der Waals surface area contributed by atoms with Gasteiger partial charge >= 0.3 is 5.97 Å². The standard InChI is InChI=1S/C15H22N2O5/c1-2-3-4-5-6-7-8-22-14-10-13(17(20)21)11(15(18)19)9-12(14)16/h9-10H,2-8,16H2,1H3,(H,18,19). The van der Waals surface area contributed by atoms with Gasteiger partial charge in [-0.25, -0.2) is 4.79 Å². The van der Waals surface area contributed by atoms with E-state index in [9.17, 15) is 14.9 Å². The van der Waals surface area contributed by atoms with E-state index in [1.807, 2.05) is 0 Å². The molecule has 0 radical (unpaired) electrons. The zero-order valence-electron chi connectivity index (χ0n) is 12.7. The van der Waals surface area contributed by atoms with Crippen molar-refractivity contribution in [3.8, 4) is 5.75 Å². The van der Waals surface area contributed by atoms with E-state index in [0.29, 0.717) is 6.61 Å². The molecule has 122 valence electrons. The van der Waals surface area contributed by atoms with Crippen molar-refractivity contribution in [1.82, 2.24) is 0 Å². The smallest absolute Gasteiger partial charge is 0.342 e. The number of benzene rings is 1. The molecule has 1 aromatic rings. The van der Waals surface area contributed by atoms with Crippen LogP contribution in [-0.4, -0.2) is 22.6 Å². The van der Waals surface area contributed by atoms with Crippen molar-refractivity contribution in [3.05, 3.63) is 27.8 Å². The SMILES string of the molecule is CCCCCCCCOc1cc([N+](=O)[O-])c(C(=O)O)cc1N. The molecule has 0 heterocycles. The second kappa shape index (κ2) is 8.86. The summed E-state index contributed by atoms with van der Waals surface area (Å²) in [4.78, 5) is 21.1. The lowest BCUT2D eigenvalue weighted by molar-refractivity contribution is -0.385. The number of nitrogens with two attached hydrogens (primary N) is 1. The van der Waals surface area contributed by atoms with Crippen LogP contribution in [0.25, 0.3) is 0 Å². The molecule has 0 amide bonds. The molecule has 0 saturated carbocycles. The van der Waals surface area contributed by atoms with Gasteiger partial charge in [0.05, 0.1) is 23.3 Å². The highest BCUT2D eigenvalue weighted by molar-refractivity contribution is 5.94. The molecule has 0 aliphatic carbocycles. The number of aromatic carboxylic acids is 1. The fourth-order valence-electron chi connectivity index (χ4n) is 2.10. The number of hydrogen-bond acceptors (Lipinski definition) is 5. The first-order chi connectivity index (χ1) is 10.5. The molecule has 1 aromatic carbocycles. The van der Waals surface area contributed by atoms with Crippen molar-refractivity contribution in [1.29, 1.82) is 0 Å². The van der Waals surface area contributed by atoms with Crippen molar-refractivity contribution in [2.24, 2.45) is 0 Å². The number of carboxylic acids is 1. The van der Waals surface area contributed by atoms with Crippen LogP contribution in [0.2, 0.25) is 0 Å². The molecule has 22 heavy (non-hydrogen) atoms. The van der Waals surface area contributed by atoms with Gasteiger partial charge in [-0.1, -0.05) is 39.0 Å². The molecule has 0 fully saturated rings. The number of hydrogen-bond donors (Lipinski definition) is 2. The van der Waals surface area contributed by atoms with E-state index in [2.05, 4.69) is 6.92 Å². The third-order valence-corrected chi connectivity index (χ3v) is 3.31. The first-order valence-corrected chi connectivity index (χ1v) is 7.41. The van der Waals surface area contributed by atoms with Gasteiger partial charge in [-0.2, -0.15) is 0 Å². The molecule has 3 N–H and O–H groups in total. The van der Waals surface area contributed by atoms with Gasteiger partial charge in [-0.05, 0) is 12.5 Å². The average Bonchev–Trinajstić information content (AvgIpc) is 2.46. The van der Waals surface area contributed by atoms with Gasteiger partial charge in [0.15, 0.2) is 0 Å². The lowest BCUT2D eigenvalue weighted by atomic mass is 10.1. The number of ether oxygens (including phenoxy) is 1. The summed E-state index contributed by atoms with van der Waals surface area (Å²) < 4.78 is 5.45. The van der Waals surface area contributed by atoms with Crippen LogP contribution in [-0.2, 0) is 0 Å². The van der Waals surface area contributed by atoms with Gasteiger partial charge in [-0.3, -0.25) is 10.1 Å². The summed E-state index contributed by atoms with van der Waals surface area (Å²) in [5.74, 6) is -1.23. The fourth-order valence-corrected chi connectivity index (χ4v) is 2.10. The van der Waals surface area contributed by atoms with E-state index in [4.69, 9.17) is 15.6 Å². The third kappa shape index (κ3) is 5.23. The number of anilines is 1. The Hall–Kier alpha value is -2.31. The van der Waals surface area contributed by atoms with E-state index >= 15 is 0 Å². The molecule has 0 unspecified atom stereocenters. The Morgan fingerprint density at radius 2 is 1.91 bits per heavy atom. The highest BCUT2D eigenvalue weighted by atomic mass is 16.6. The van der Waals surface area contributed by atoms with Crippen molar-refractivity contribution < 1.29 is 19.6 Å². The van der Waals surface area contributed by atoms with Gasteiger partial charge in [0.2, 0.25) is 0 Å². The Labute approximate surface area is 129 Å². The van der Waals surface area contributed by atoms with E-state index in [1.54, 1.807) is 0 Å². The monoisotopic (exact) mass is 310 g/mol. The van der Waals surface area contributed by atoms with Gasteiger partial charge < -0.3 is 15.6 Å². The average molecular weight is 310 g/mol. The maximum absolute atomic E-state index is 11.0. The minimum Gasteiger partial charge on any atom is -0.491 e. The highest BCUT2D eigenvalue weighted by Crippen LogP contribution is 2.31. The van der Waals surface area contributed by atoms with Crippen LogP contribution >= 0.6 is 0 Å². The maximum atomic E-state index is 11.0. The molecular weight excluding hydrogens is 288 g/mol. The predicted molar refractivity (Wildman–Crippen MR) is 83.3 cm³/mol. The van der Waals surface area contributed by atoms with E-state index < -0.39 is 22.1 Å². The second-order valence-electron chi connectivity index (χ2n) is 5.09. The Morgan fingerprint density at radius 1 is 1.27 bits per heavy atom. The van der Waals surface area contributed by atoms with Gasteiger partial charge in [0.1, 0.15) is 11.3 Å². The molecule has 0 atom stereocenters. The highest BCUT2D eigenvalue weighted by Gasteiger charge is 2.22. The Morgan fingerprint density at radius 3 is 2.50 bits per heavy atom. The minimum absolute atomic E-state index is 0.0917. The molecule has 0 bridgehead atoms. The summed E-state index contributed by atoms with van der Waals surface area (Å²) in [7, 11) is 0. The second-order valence-corrected chi connectivity index (χ2v) is 5.09. The maximum Gasteiger partial charge on any atom is 0.342 e. The molecule has 1 rings (SSSR count). The zero-order valence-corrected chi connectivity index (χ0v) is 12.7. The van der Waals surface area contributed by atoms with Crippen LogP contribution in [0.4, 0.5) is 11.4 Å². The van der Waals surface area contributed by atoms with Crippen LogP contribution < -0.4 is 10.5 Å². The minimum atomic E-state index is -1.39. The van der Waals surface area contributed by atoms with Crippen LogP contribution in [0.3, 0.4) is 0 Å². The summed E-state index contributed by atoms with van der Waals surface area (Å²) >= 11 is 0.